The van der Waals surface area contributed by atoms with Gasteiger partial charge in [-0.3, -0.25) is 25.3 Å². The smallest absolute Gasteiger partial charge is 0.262 e. The summed E-state index contributed by atoms with van der Waals surface area (Å²) in [6.07, 6.45) is 1.26. The zero-order valence-corrected chi connectivity index (χ0v) is 14.7. The summed E-state index contributed by atoms with van der Waals surface area (Å²) >= 11 is 9.35. The van der Waals surface area contributed by atoms with Gasteiger partial charge in [-0.2, -0.15) is 10.2 Å². The van der Waals surface area contributed by atoms with Crippen LogP contribution in [-0.2, 0) is 0 Å². The molecule has 2 rings (SSSR count). The fourth-order valence-electron chi connectivity index (χ4n) is 2.20. The molecular formula is C14H15N7O2S2. The van der Waals surface area contributed by atoms with E-state index in [9.17, 15) is 9.59 Å². The highest BCUT2D eigenvalue weighted by Gasteiger charge is 2.39. The highest BCUT2D eigenvalue weighted by atomic mass is 32.1. The molecule has 0 radical (unpaired) electrons. The topological polar surface area (TPSA) is 138 Å². The standard InChI is InChI=1S/C14H15N7O2S2/c1-7(10(18-20-14(16)25)6-17-19-13(15)24)21-11(22)8-4-2-3-5-9(8)12(21)23/h2-7H,1H3,(H3,15,19,24)(H3,16,20,25)/b17-6-,18-10+. The number of nitrogens with one attached hydrogen (secondary N) is 2. The third-order valence-corrected chi connectivity index (χ3v) is 3.49. The number of hydrazone groups is 2. The van der Waals surface area contributed by atoms with E-state index < -0.39 is 17.9 Å². The van der Waals surface area contributed by atoms with Gasteiger partial charge in [0.05, 0.1) is 23.4 Å². The molecule has 25 heavy (non-hydrogen) atoms. The van der Waals surface area contributed by atoms with E-state index in [4.69, 9.17) is 23.7 Å². The lowest BCUT2D eigenvalue weighted by molar-refractivity contribution is 0.0636. The van der Waals surface area contributed by atoms with Gasteiger partial charge in [-0.1, -0.05) is 12.1 Å². The molecule has 1 heterocycles. The second kappa shape index (κ2) is 7.77. The van der Waals surface area contributed by atoms with Crippen LogP contribution < -0.4 is 22.3 Å². The molecule has 2 amide bonds. The Kier molecular flexibility index (Phi) is 5.72. The van der Waals surface area contributed by atoms with Crippen LogP contribution in [-0.4, -0.2) is 44.9 Å². The predicted molar refractivity (Wildman–Crippen MR) is 102 cm³/mol. The van der Waals surface area contributed by atoms with Crippen LogP contribution in [0.4, 0.5) is 0 Å². The summed E-state index contributed by atoms with van der Waals surface area (Å²) in [5.74, 6) is -0.848. The van der Waals surface area contributed by atoms with Crippen molar-refractivity contribution in [3.63, 3.8) is 0 Å². The minimum absolute atomic E-state index is 0.0497. The number of imide groups is 1. The molecule has 1 atom stereocenters. The van der Waals surface area contributed by atoms with Gasteiger partial charge in [0.25, 0.3) is 11.8 Å². The summed E-state index contributed by atoms with van der Waals surface area (Å²) in [4.78, 5) is 26.2. The molecule has 0 fully saturated rings. The molecule has 6 N–H and O–H groups in total. The summed E-state index contributed by atoms with van der Waals surface area (Å²) in [5.41, 5.74) is 16.3. The molecule has 9 nitrogen and oxygen atoms in total. The molecule has 0 spiro atoms. The first-order chi connectivity index (χ1) is 11.8. The number of carbonyl (C=O) groups excluding carboxylic acids is 2. The Morgan fingerprint density at radius 2 is 1.64 bits per heavy atom. The highest BCUT2D eigenvalue weighted by molar-refractivity contribution is 7.80. The van der Waals surface area contributed by atoms with Crippen LogP contribution in [0, 0.1) is 0 Å². The number of hydrogen-bond acceptors (Lipinski definition) is 6. The molecule has 1 aliphatic heterocycles. The van der Waals surface area contributed by atoms with Crippen LogP contribution in [0.2, 0.25) is 0 Å². The largest absolute Gasteiger partial charge is 0.375 e. The Bertz CT molecular complexity index is 771. The van der Waals surface area contributed by atoms with Gasteiger partial charge in [0.2, 0.25) is 0 Å². The fraction of sp³-hybridized carbons (Fsp3) is 0.143. The molecule has 0 aliphatic carbocycles. The van der Waals surface area contributed by atoms with Gasteiger partial charge >= 0.3 is 0 Å². The fourth-order valence-corrected chi connectivity index (χ4v) is 2.30. The monoisotopic (exact) mass is 377 g/mol. The van der Waals surface area contributed by atoms with Crippen LogP contribution in [0.5, 0.6) is 0 Å². The maximum Gasteiger partial charge on any atom is 0.262 e. The molecule has 0 saturated heterocycles. The molecule has 1 aliphatic rings. The second-order valence-electron chi connectivity index (χ2n) is 4.95. The van der Waals surface area contributed by atoms with Gasteiger partial charge in [0, 0.05) is 0 Å². The van der Waals surface area contributed by atoms with Crippen molar-refractivity contribution >= 4 is 58.4 Å². The number of carbonyl (C=O) groups is 2. The van der Waals surface area contributed by atoms with Gasteiger partial charge in [0.15, 0.2) is 10.2 Å². The first-order valence-electron chi connectivity index (χ1n) is 7.01. The lowest BCUT2D eigenvalue weighted by Gasteiger charge is -2.22. The summed E-state index contributed by atoms with van der Waals surface area (Å²) in [7, 11) is 0. The number of hydrogen-bond donors (Lipinski definition) is 4. The Morgan fingerprint density at radius 1 is 1.12 bits per heavy atom. The average Bonchev–Trinajstić information content (AvgIpc) is 2.81. The average molecular weight is 377 g/mol. The number of benzene rings is 1. The van der Waals surface area contributed by atoms with E-state index in [-0.39, 0.29) is 15.9 Å². The molecule has 0 saturated carbocycles. The second-order valence-corrected chi connectivity index (χ2v) is 5.83. The van der Waals surface area contributed by atoms with Crippen LogP contribution in [0.3, 0.4) is 0 Å². The van der Waals surface area contributed by atoms with Crippen LogP contribution >= 0.6 is 24.4 Å². The highest BCUT2D eigenvalue weighted by Crippen LogP contribution is 2.24. The van der Waals surface area contributed by atoms with E-state index in [1.165, 1.54) is 6.21 Å². The molecule has 1 aromatic carbocycles. The van der Waals surface area contributed by atoms with E-state index >= 15 is 0 Å². The third-order valence-electron chi connectivity index (χ3n) is 3.31. The minimum atomic E-state index is -0.744. The third kappa shape index (κ3) is 4.14. The maximum absolute atomic E-state index is 12.6. The SMILES string of the molecule is CC(C(/C=N\NC(N)=S)=N/NC(N)=S)N1C(=O)c2ccccc2C1=O. The molecule has 0 bridgehead atoms. The van der Waals surface area contributed by atoms with Crippen LogP contribution in [0.1, 0.15) is 27.6 Å². The van der Waals surface area contributed by atoms with Gasteiger partial charge in [0.1, 0.15) is 5.71 Å². The van der Waals surface area contributed by atoms with Crippen molar-refractivity contribution in [2.75, 3.05) is 0 Å². The van der Waals surface area contributed by atoms with Crippen molar-refractivity contribution in [2.45, 2.75) is 13.0 Å². The van der Waals surface area contributed by atoms with E-state index in [0.717, 1.165) is 4.90 Å². The zero-order valence-electron chi connectivity index (χ0n) is 13.1. The minimum Gasteiger partial charge on any atom is -0.375 e. The van der Waals surface area contributed by atoms with E-state index in [1.54, 1.807) is 31.2 Å². The Balaban J connectivity index is 2.31. The van der Waals surface area contributed by atoms with Crippen molar-refractivity contribution in [3.05, 3.63) is 35.4 Å². The number of fused-ring (bicyclic) bond motifs is 1. The maximum atomic E-state index is 12.6. The van der Waals surface area contributed by atoms with Gasteiger partial charge in [-0.05, 0) is 43.5 Å². The molecular weight excluding hydrogens is 362 g/mol. The molecule has 11 heteroatoms. The summed E-state index contributed by atoms with van der Waals surface area (Å²) in [5, 5.41) is 7.64. The predicted octanol–water partition coefficient (Wildman–Crippen LogP) is -0.321. The van der Waals surface area contributed by atoms with E-state index in [2.05, 4.69) is 33.3 Å². The first kappa shape index (κ1) is 18.4. The van der Waals surface area contributed by atoms with E-state index in [1.807, 2.05) is 0 Å². The summed E-state index contributed by atoms with van der Waals surface area (Å²) in [6.45, 7) is 1.62. The molecule has 0 aromatic heterocycles. The van der Waals surface area contributed by atoms with Gasteiger partial charge < -0.3 is 11.5 Å². The number of amides is 2. The van der Waals surface area contributed by atoms with Crippen molar-refractivity contribution in [1.29, 1.82) is 0 Å². The van der Waals surface area contributed by atoms with Crippen molar-refractivity contribution in [1.82, 2.24) is 15.8 Å². The number of thiocarbonyl (C=S) groups is 2. The Labute approximate surface area is 154 Å². The Morgan fingerprint density at radius 3 is 2.12 bits per heavy atom. The molecule has 130 valence electrons. The zero-order chi connectivity index (χ0) is 18.6. The summed E-state index contributed by atoms with van der Waals surface area (Å²) < 4.78 is 0. The van der Waals surface area contributed by atoms with E-state index in [0.29, 0.717) is 11.1 Å². The summed E-state index contributed by atoms with van der Waals surface area (Å²) in [6, 6.07) is 5.82. The normalized spacial score (nSPS) is 15.2. The lowest BCUT2D eigenvalue weighted by Crippen LogP contribution is -2.44. The quantitative estimate of drug-likeness (QED) is 0.237. The molecule has 1 aromatic rings. The molecule has 1 unspecified atom stereocenters. The van der Waals surface area contributed by atoms with Crippen LogP contribution in [0.25, 0.3) is 0 Å². The first-order valence-corrected chi connectivity index (χ1v) is 7.83. The lowest BCUT2D eigenvalue weighted by atomic mass is 10.1. The van der Waals surface area contributed by atoms with Gasteiger partial charge in [-0.25, -0.2) is 0 Å². The van der Waals surface area contributed by atoms with Crippen molar-refractivity contribution < 1.29 is 9.59 Å². The van der Waals surface area contributed by atoms with Crippen LogP contribution in [0.15, 0.2) is 34.5 Å². The van der Waals surface area contributed by atoms with Crippen molar-refractivity contribution in [2.24, 2.45) is 21.7 Å². The number of nitrogens with zero attached hydrogens (tertiary/aromatic N) is 3. The van der Waals surface area contributed by atoms with Gasteiger partial charge in [-0.15, -0.1) is 0 Å². The number of nitrogens with two attached hydrogens (primary N) is 2. The van der Waals surface area contributed by atoms with Crippen molar-refractivity contribution in [3.8, 4) is 0 Å². The Hall–Kier alpha value is -2.92. The number of rotatable bonds is 5.